The summed E-state index contributed by atoms with van der Waals surface area (Å²) < 4.78 is 0. The van der Waals surface area contributed by atoms with E-state index in [-0.39, 0.29) is 43.6 Å². The Morgan fingerprint density at radius 1 is 1.23 bits per heavy atom. The molecule has 0 atom stereocenters. The molecule has 0 aliphatic heterocycles. The van der Waals surface area contributed by atoms with Gasteiger partial charge in [0.25, 0.3) is 0 Å². The van der Waals surface area contributed by atoms with E-state index >= 15 is 0 Å². The van der Waals surface area contributed by atoms with Crippen LogP contribution in [0.5, 0.6) is 0 Å². The minimum Gasteiger partial charge on any atom is -0.889 e. The molecule has 0 radical (unpaired) electrons. The first-order valence-corrected chi connectivity index (χ1v) is 3.43. The fraction of sp³-hybridized carbons (Fsp3) is 0.111. The molecule has 0 saturated heterocycles. The predicted octanol–water partition coefficient (Wildman–Crippen LogP) is -4.08. The zero-order valence-corrected chi connectivity index (χ0v) is 8.32. The second-order valence-corrected chi connectivity index (χ2v) is 2.07. The molecule has 0 N–H and O–H groups in total. The molecule has 4 heteroatoms. The van der Waals surface area contributed by atoms with Gasteiger partial charge in [0.05, 0.1) is 0 Å². The maximum atomic E-state index is 10.8. The van der Waals surface area contributed by atoms with Gasteiger partial charge in [-0.3, -0.25) is 0 Å². The van der Waals surface area contributed by atoms with E-state index in [9.17, 15) is 5.11 Å². The van der Waals surface area contributed by atoms with Crippen molar-refractivity contribution in [3.63, 3.8) is 0 Å². The van der Waals surface area contributed by atoms with Gasteiger partial charge < -0.3 is 10.4 Å². The summed E-state index contributed by atoms with van der Waals surface area (Å²) in [6.07, 6.45) is 1.44. The number of nitrogens with zero attached hydrogens (tertiary/aromatic N) is 1. The van der Waals surface area contributed by atoms with E-state index in [1.54, 1.807) is 19.1 Å². The van der Waals surface area contributed by atoms with Gasteiger partial charge >= 0.3 is 37.7 Å². The van der Waals surface area contributed by atoms with Crippen molar-refractivity contribution in [3.05, 3.63) is 47.6 Å². The number of hydrogen-bond donors (Lipinski definition) is 0. The standard InChI is InChI=1S/C9H10NO.2Li/c1-2-9(11)10-8-6-4-3-5-7-8;;/h2-7,11H,1H3;;/q-1;2*+1/p-1. The summed E-state index contributed by atoms with van der Waals surface area (Å²) in [5.41, 5.74) is 0.704. The van der Waals surface area contributed by atoms with Crippen molar-refractivity contribution >= 4 is 5.69 Å². The fourth-order valence-corrected chi connectivity index (χ4v) is 0.694. The molecule has 0 unspecified atom stereocenters. The summed E-state index contributed by atoms with van der Waals surface area (Å²) in [6, 6.07) is 9.17. The molecule has 0 amide bonds. The summed E-state index contributed by atoms with van der Waals surface area (Å²) in [7, 11) is 0. The molecule has 0 spiro atoms. The SMILES string of the molecule is CC=C([O-])[N-]c1ccccc1.[Li+].[Li+]. The van der Waals surface area contributed by atoms with Crippen molar-refractivity contribution in [3.8, 4) is 0 Å². The van der Waals surface area contributed by atoms with Crippen LogP contribution in [0.25, 0.3) is 5.32 Å². The molecule has 0 heterocycles. The van der Waals surface area contributed by atoms with Crippen LogP contribution in [0.15, 0.2) is 42.3 Å². The number of benzene rings is 1. The van der Waals surface area contributed by atoms with Crippen LogP contribution in [0.4, 0.5) is 5.69 Å². The number of rotatable bonds is 2. The minimum absolute atomic E-state index is 0. The fourth-order valence-electron chi connectivity index (χ4n) is 0.694. The van der Waals surface area contributed by atoms with Crippen LogP contribution in [0.3, 0.4) is 0 Å². The van der Waals surface area contributed by atoms with Gasteiger partial charge in [-0.05, 0) is 6.92 Å². The van der Waals surface area contributed by atoms with Crippen LogP contribution >= 0.6 is 0 Å². The quantitative estimate of drug-likeness (QED) is 0.321. The Hall–Kier alpha value is -0.245. The van der Waals surface area contributed by atoms with E-state index < -0.39 is 0 Å². The largest absolute Gasteiger partial charge is 1.00 e. The van der Waals surface area contributed by atoms with Crippen molar-refractivity contribution in [2.24, 2.45) is 0 Å². The summed E-state index contributed by atoms with van der Waals surface area (Å²) in [5, 5.41) is 14.5. The zero-order chi connectivity index (χ0) is 8.10. The topological polar surface area (TPSA) is 37.2 Å². The van der Waals surface area contributed by atoms with Crippen molar-refractivity contribution in [2.75, 3.05) is 0 Å². The van der Waals surface area contributed by atoms with Crippen LogP contribution in [0.2, 0.25) is 0 Å². The number of allylic oxidation sites excluding steroid dienone is 1. The van der Waals surface area contributed by atoms with Crippen LogP contribution < -0.4 is 42.8 Å². The van der Waals surface area contributed by atoms with Gasteiger partial charge in [-0.25, -0.2) is 5.88 Å². The average molecular weight is 161 g/mol. The van der Waals surface area contributed by atoms with Crippen LogP contribution in [0, 0.1) is 0 Å². The van der Waals surface area contributed by atoms with Crippen molar-refractivity contribution in [1.82, 2.24) is 0 Å². The van der Waals surface area contributed by atoms with Gasteiger partial charge in [-0.2, -0.15) is 0 Å². The van der Waals surface area contributed by atoms with Gasteiger partial charge in [-0.1, -0.05) is 30.3 Å². The molecule has 58 valence electrons. The summed E-state index contributed by atoms with van der Waals surface area (Å²) in [5.74, 6) is -0.198. The first-order valence-electron chi connectivity index (χ1n) is 3.43. The average Bonchev–Trinajstić information content (AvgIpc) is 2.06. The molecule has 1 aromatic carbocycles. The Morgan fingerprint density at radius 2 is 1.77 bits per heavy atom. The molecule has 0 aliphatic carbocycles. The second kappa shape index (κ2) is 8.36. The first-order chi connectivity index (χ1) is 5.33. The smallest absolute Gasteiger partial charge is 0.889 e. The van der Waals surface area contributed by atoms with Crippen molar-refractivity contribution in [2.45, 2.75) is 6.92 Å². The maximum absolute atomic E-state index is 10.8. The summed E-state index contributed by atoms with van der Waals surface area (Å²) in [4.78, 5) is 0. The molecule has 0 aromatic heterocycles. The Bertz CT molecular complexity index is 249. The van der Waals surface area contributed by atoms with E-state index in [1.807, 2.05) is 18.2 Å². The van der Waals surface area contributed by atoms with Gasteiger partial charge in [0.15, 0.2) is 0 Å². The molecule has 1 aromatic rings. The molecular weight excluding hydrogens is 152 g/mol. The van der Waals surface area contributed by atoms with Gasteiger partial charge in [0.1, 0.15) is 0 Å². The van der Waals surface area contributed by atoms with Crippen LogP contribution in [-0.4, -0.2) is 0 Å². The Morgan fingerprint density at radius 3 is 2.23 bits per heavy atom. The van der Waals surface area contributed by atoms with Crippen LogP contribution in [0.1, 0.15) is 6.92 Å². The Labute approximate surface area is 103 Å². The molecule has 0 aliphatic rings. The summed E-state index contributed by atoms with van der Waals surface area (Å²) >= 11 is 0. The van der Waals surface area contributed by atoms with E-state index in [1.165, 1.54) is 6.08 Å². The zero-order valence-electron chi connectivity index (χ0n) is 8.32. The Balaban J connectivity index is 0. The van der Waals surface area contributed by atoms with Gasteiger partial charge in [-0.15, -0.1) is 11.8 Å². The molecule has 13 heavy (non-hydrogen) atoms. The minimum atomic E-state index is -0.198. The molecular formula is C9H9Li2NO. The number of hydrogen-bond acceptors (Lipinski definition) is 1. The monoisotopic (exact) mass is 161 g/mol. The van der Waals surface area contributed by atoms with E-state index in [4.69, 9.17) is 0 Å². The molecule has 1 rings (SSSR count). The van der Waals surface area contributed by atoms with Crippen molar-refractivity contribution in [1.29, 1.82) is 0 Å². The third-order valence-corrected chi connectivity index (χ3v) is 1.24. The van der Waals surface area contributed by atoms with Crippen LogP contribution in [-0.2, 0) is 0 Å². The van der Waals surface area contributed by atoms with E-state index in [0.29, 0.717) is 5.69 Å². The molecule has 0 saturated carbocycles. The van der Waals surface area contributed by atoms with E-state index in [0.717, 1.165) is 0 Å². The van der Waals surface area contributed by atoms with Gasteiger partial charge in [0, 0.05) is 0 Å². The number of para-hydroxylation sites is 1. The maximum Gasteiger partial charge on any atom is 1.00 e. The summed E-state index contributed by atoms with van der Waals surface area (Å²) in [6.45, 7) is 1.68. The van der Waals surface area contributed by atoms with Crippen molar-refractivity contribution < 1.29 is 42.8 Å². The third kappa shape index (κ3) is 5.91. The Kier molecular flexibility index (Phi) is 9.80. The molecule has 0 fully saturated rings. The third-order valence-electron chi connectivity index (χ3n) is 1.24. The molecule has 2 nitrogen and oxygen atoms in total. The van der Waals surface area contributed by atoms with Gasteiger partial charge in [0.2, 0.25) is 0 Å². The predicted molar refractivity (Wildman–Crippen MR) is 43.2 cm³/mol. The van der Waals surface area contributed by atoms with E-state index in [2.05, 4.69) is 5.32 Å². The second-order valence-electron chi connectivity index (χ2n) is 2.07. The molecule has 0 bridgehead atoms. The normalized spacial score (nSPS) is 9.46. The first kappa shape index (κ1) is 15.2.